The largest absolute Gasteiger partial charge is 0.476 e. The van der Waals surface area contributed by atoms with Crippen LogP contribution in [0.2, 0.25) is 0 Å². The van der Waals surface area contributed by atoms with Crippen LogP contribution < -0.4 is 11.1 Å². The molecular weight excluding hydrogens is 284 g/mol. The summed E-state index contributed by atoms with van der Waals surface area (Å²) in [6.45, 7) is 2.32. The van der Waals surface area contributed by atoms with E-state index in [9.17, 15) is 9.59 Å². The van der Waals surface area contributed by atoms with Crippen LogP contribution in [0.15, 0.2) is 6.20 Å². The molecule has 0 aliphatic carbocycles. The van der Waals surface area contributed by atoms with Gasteiger partial charge in [0.25, 0.3) is 5.91 Å². The van der Waals surface area contributed by atoms with E-state index in [4.69, 9.17) is 10.8 Å². The fourth-order valence-corrected chi connectivity index (χ4v) is 2.25. The number of aryl methyl sites for hydroxylation is 1. The predicted octanol–water partition coefficient (Wildman–Crippen LogP) is -0.247. The highest BCUT2D eigenvalue weighted by atomic mass is 32.1. The van der Waals surface area contributed by atoms with E-state index < -0.39 is 5.97 Å². The van der Waals surface area contributed by atoms with Crippen molar-refractivity contribution in [3.05, 3.63) is 22.5 Å². The molecule has 2 rings (SSSR count). The van der Waals surface area contributed by atoms with Gasteiger partial charge >= 0.3 is 5.97 Å². The molecule has 0 saturated heterocycles. The molecule has 0 unspecified atom stereocenters. The molecule has 0 radical (unpaired) electrons. The molecule has 9 nitrogen and oxygen atoms in total. The van der Waals surface area contributed by atoms with Gasteiger partial charge in [-0.3, -0.25) is 4.79 Å². The molecule has 1 amide bonds. The topological polar surface area (TPSA) is 136 Å². The highest BCUT2D eigenvalue weighted by Gasteiger charge is 2.14. The van der Waals surface area contributed by atoms with Gasteiger partial charge in [0, 0.05) is 6.54 Å². The third-order valence-corrected chi connectivity index (χ3v) is 3.39. The molecule has 2 aromatic rings. The third-order valence-electron chi connectivity index (χ3n) is 2.40. The van der Waals surface area contributed by atoms with Crippen LogP contribution in [0.3, 0.4) is 0 Å². The smallest absolute Gasteiger partial charge is 0.358 e. The molecule has 2 aromatic heterocycles. The lowest BCUT2D eigenvalue weighted by atomic mass is 10.4. The Hall–Kier alpha value is -2.49. The first-order chi connectivity index (χ1) is 9.47. The second-order valence-corrected chi connectivity index (χ2v) is 4.93. The zero-order valence-corrected chi connectivity index (χ0v) is 11.3. The number of rotatable bonds is 5. The predicted molar refractivity (Wildman–Crippen MR) is 70.6 cm³/mol. The van der Waals surface area contributed by atoms with Gasteiger partial charge in [-0.1, -0.05) is 16.6 Å². The number of carbonyl (C=O) groups is 2. The van der Waals surface area contributed by atoms with Crippen LogP contribution in [0.5, 0.6) is 0 Å². The Kier molecular flexibility index (Phi) is 3.94. The first-order valence-electron chi connectivity index (χ1n) is 5.62. The average molecular weight is 296 g/mol. The molecule has 0 fully saturated rings. The number of nitrogens with zero attached hydrogens (tertiary/aromatic N) is 4. The molecule has 4 N–H and O–H groups in total. The number of hydrogen-bond donors (Lipinski definition) is 3. The van der Waals surface area contributed by atoms with E-state index in [1.807, 2.05) is 0 Å². The quantitative estimate of drug-likeness (QED) is 0.692. The van der Waals surface area contributed by atoms with Gasteiger partial charge in [-0.25, -0.2) is 14.5 Å². The van der Waals surface area contributed by atoms with Crippen molar-refractivity contribution in [1.82, 2.24) is 25.3 Å². The molecule has 0 spiro atoms. The van der Waals surface area contributed by atoms with E-state index >= 15 is 0 Å². The number of thiazole rings is 1. The number of carboxylic acid groups (broad SMARTS) is 1. The summed E-state index contributed by atoms with van der Waals surface area (Å²) in [5, 5.41) is 18.8. The van der Waals surface area contributed by atoms with Crippen molar-refractivity contribution < 1.29 is 14.7 Å². The van der Waals surface area contributed by atoms with Crippen molar-refractivity contribution in [2.24, 2.45) is 0 Å². The van der Waals surface area contributed by atoms with Gasteiger partial charge < -0.3 is 16.2 Å². The van der Waals surface area contributed by atoms with Crippen LogP contribution in [-0.4, -0.2) is 43.5 Å². The maximum absolute atomic E-state index is 11.8. The summed E-state index contributed by atoms with van der Waals surface area (Å²) in [7, 11) is 0. The van der Waals surface area contributed by atoms with Gasteiger partial charge in [-0.15, -0.1) is 5.10 Å². The minimum Gasteiger partial charge on any atom is -0.476 e. The normalized spacial score (nSPS) is 10.4. The number of carboxylic acids is 1. The molecule has 2 heterocycles. The number of aromatic carboxylic acids is 1. The van der Waals surface area contributed by atoms with Crippen molar-refractivity contribution in [3.63, 3.8) is 0 Å². The summed E-state index contributed by atoms with van der Waals surface area (Å²) in [6, 6.07) is 0. The van der Waals surface area contributed by atoms with E-state index in [0.29, 0.717) is 28.8 Å². The Morgan fingerprint density at radius 2 is 2.30 bits per heavy atom. The van der Waals surface area contributed by atoms with Crippen molar-refractivity contribution in [2.45, 2.75) is 13.5 Å². The van der Waals surface area contributed by atoms with Crippen molar-refractivity contribution in [3.8, 4) is 0 Å². The van der Waals surface area contributed by atoms with Gasteiger partial charge in [0.05, 0.1) is 18.4 Å². The number of nitrogen functional groups attached to an aromatic ring is 1. The standard InChI is InChI=1S/C10H12N6O3S/c1-5-7(20-10(11)13-5)8(17)12-2-3-16-4-6(9(18)19)14-15-16/h4H,2-3H2,1H3,(H2,11,13)(H,12,17)(H,18,19). The molecule has 106 valence electrons. The first-order valence-corrected chi connectivity index (χ1v) is 6.43. The Morgan fingerprint density at radius 1 is 1.55 bits per heavy atom. The Labute approximate surface area is 117 Å². The number of aromatic nitrogens is 4. The van der Waals surface area contributed by atoms with Gasteiger partial charge in [-0.05, 0) is 6.92 Å². The highest BCUT2D eigenvalue weighted by Crippen LogP contribution is 2.19. The molecule has 0 atom stereocenters. The van der Waals surface area contributed by atoms with E-state index in [0.717, 1.165) is 11.3 Å². The molecule has 0 aliphatic rings. The maximum atomic E-state index is 11.8. The van der Waals surface area contributed by atoms with Crippen LogP contribution in [0, 0.1) is 6.92 Å². The van der Waals surface area contributed by atoms with Crippen LogP contribution in [0.4, 0.5) is 5.13 Å². The minimum atomic E-state index is -1.14. The Bertz CT molecular complexity index is 649. The zero-order valence-electron chi connectivity index (χ0n) is 10.5. The summed E-state index contributed by atoms with van der Waals surface area (Å²) in [5.41, 5.74) is 5.96. The van der Waals surface area contributed by atoms with Crippen LogP contribution in [0.25, 0.3) is 0 Å². The van der Waals surface area contributed by atoms with Gasteiger partial charge in [0.15, 0.2) is 10.8 Å². The average Bonchev–Trinajstić information content (AvgIpc) is 2.96. The zero-order chi connectivity index (χ0) is 14.7. The molecule has 0 bridgehead atoms. The second kappa shape index (κ2) is 5.65. The fraction of sp³-hybridized carbons (Fsp3) is 0.300. The highest BCUT2D eigenvalue weighted by molar-refractivity contribution is 7.17. The van der Waals surface area contributed by atoms with Crippen molar-refractivity contribution in [1.29, 1.82) is 0 Å². The minimum absolute atomic E-state index is 0.137. The van der Waals surface area contributed by atoms with E-state index in [1.54, 1.807) is 6.92 Å². The molecular formula is C10H12N6O3S. The first kappa shape index (κ1) is 13.9. The van der Waals surface area contributed by atoms with Gasteiger partial charge in [0.1, 0.15) is 4.88 Å². The summed E-state index contributed by atoms with van der Waals surface area (Å²) in [5.74, 6) is -1.41. The van der Waals surface area contributed by atoms with Crippen LogP contribution >= 0.6 is 11.3 Å². The van der Waals surface area contributed by atoms with E-state index in [-0.39, 0.29) is 11.6 Å². The lowest BCUT2D eigenvalue weighted by molar-refractivity contribution is 0.0690. The molecule has 0 aromatic carbocycles. The van der Waals surface area contributed by atoms with E-state index in [2.05, 4.69) is 20.6 Å². The number of anilines is 1. The monoisotopic (exact) mass is 296 g/mol. The number of nitrogens with two attached hydrogens (primary N) is 1. The number of carbonyl (C=O) groups excluding carboxylic acids is 1. The number of amides is 1. The van der Waals surface area contributed by atoms with Crippen LogP contribution in [0.1, 0.15) is 25.9 Å². The molecule has 0 aliphatic heterocycles. The van der Waals surface area contributed by atoms with E-state index in [1.165, 1.54) is 10.9 Å². The number of hydrogen-bond acceptors (Lipinski definition) is 7. The summed E-state index contributed by atoms with van der Waals surface area (Å²) in [6.07, 6.45) is 1.30. The maximum Gasteiger partial charge on any atom is 0.358 e. The van der Waals surface area contributed by atoms with Gasteiger partial charge in [0.2, 0.25) is 0 Å². The van der Waals surface area contributed by atoms with Crippen LogP contribution in [-0.2, 0) is 6.54 Å². The second-order valence-electron chi connectivity index (χ2n) is 3.89. The summed E-state index contributed by atoms with van der Waals surface area (Å²) in [4.78, 5) is 26.9. The lowest BCUT2D eigenvalue weighted by Gasteiger charge is -2.03. The van der Waals surface area contributed by atoms with Crippen molar-refractivity contribution >= 4 is 28.3 Å². The SMILES string of the molecule is Cc1nc(N)sc1C(=O)NCCn1cc(C(=O)O)nn1. The van der Waals surface area contributed by atoms with Crippen molar-refractivity contribution in [2.75, 3.05) is 12.3 Å². The Morgan fingerprint density at radius 3 is 2.85 bits per heavy atom. The summed E-state index contributed by atoms with van der Waals surface area (Å²) < 4.78 is 1.34. The fourth-order valence-electron chi connectivity index (χ4n) is 1.50. The van der Waals surface area contributed by atoms with Gasteiger partial charge in [-0.2, -0.15) is 0 Å². The Balaban J connectivity index is 1.87. The lowest BCUT2D eigenvalue weighted by Crippen LogP contribution is -2.27. The molecule has 10 heteroatoms. The number of nitrogens with one attached hydrogen (secondary N) is 1. The molecule has 20 heavy (non-hydrogen) atoms. The molecule has 0 saturated carbocycles. The summed E-state index contributed by atoms with van der Waals surface area (Å²) >= 11 is 1.12. The third kappa shape index (κ3) is 3.09.